The van der Waals surface area contributed by atoms with E-state index in [-0.39, 0.29) is 41.9 Å². The highest BCUT2D eigenvalue weighted by molar-refractivity contribution is 6.01. The number of hydrogen-bond acceptors (Lipinski definition) is 4. The highest BCUT2D eigenvalue weighted by atomic mass is 16.2. The minimum atomic E-state index is -0.0948. The van der Waals surface area contributed by atoms with Gasteiger partial charge in [0, 0.05) is 41.3 Å². The topological polar surface area (TPSA) is 105 Å². The molecular weight excluding hydrogens is 380 g/mol. The van der Waals surface area contributed by atoms with Gasteiger partial charge in [-0.05, 0) is 75.1 Å². The van der Waals surface area contributed by atoms with Crippen LogP contribution >= 0.6 is 0 Å². The second-order valence-corrected chi connectivity index (χ2v) is 9.48. The first kappa shape index (κ1) is 19.5. The van der Waals surface area contributed by atoms with Crippen molar-refractivity contribution in [1.82, 2.24) is 10.2 Å². The van der Waals surface area contributed by atoms with E-state index in [2.05, 4.69) is 15.5 Å². The highest BCUT2D eigenvalue weighted by Crippen LogP contribution is 2.38. The van der Waals surface area contributed by atoms with Gasteiger partial charge in [-0.1, -0.05) is 0 Å². The number of rotatable bonds is 3. The summed E-state index contributed by atoms with van der Waals surface area (Å²) >= 11 is 0. The van der Waals surface area contributed by atoms with Crippen LogP contribution in [0.3, 0.4) is 0 Å². The zero-order chi connectivity index (χ0) is 20.8. The van der Waals surface area contributed by atoms with Crippen LogP contribution in [0.25, 0.3) is 0 Å². The second-order valence-electron chi connectivity index (χ2n) is 9.48. The number of piperidine rings is 1. The average Bonchev–Trinajstić information content (AvgIpc) is 3.23. The van der Waals surface area contributed by atoms with Gasteiger partial charge in [0.05, 0.1) is 6.42 Å². The normalized spacial score (nSPS) is 32.5. The van der Waals surface area contributed by atoms with Crippen LogP contribution in [-0.4, -0.2) is 46.8 Å². The first-order valence-corrected chi connectivity index (χ1v) is 11.3. The molecule has 2 bridgehead atoms. The zero-order valence-corrected chi connectivity index (χ0v) is 17.2. The average molecular weight is 411 g/mol. The lowest BCUT2D eigenvalue weighted by atomic mass is 9.84. The molecule has 4 N–H and O–H groups in total. The molecule has 0 aromatic heterocycles. The number of benzene rings is 1. The first-order valence-electron chi connectivity index (χ1n) is 11.3. The summed E-state index contributed by atoms with van der Waals surface area (Å²) in [6.07, 6.45) is 7.74. The Labute approximate surface area is 176 Å². The van der Waals surface area contributed by atoms with Crippen molar-refractivity contribution in [3.8, 4) is 0 Å². The Kier molecular flexibility index (Phi) is 5.01. The number of nitrogens with zero attached hydrogens (tertiary/aromatic N) is 1. The van der Waals surface area contributed by atoms with Gasteiger partial charge in [0.2, 0.25) is 11.8 Å². The standard InChI is InChI=1S/C23H30N4O3/c24-16-4-1-13(2-5-16)23(30)27-18-6-7-19(27)12-17(11-18)25-22(29)14-3-8-20-15(9-14)10-21(28)26-20/h3,8-9,13,16-19H,1-2,4-7,10-12,24H2,(H,25,29)(H,26,28)/t13?,16?,17-,18-,19+. The van der Waals surface area contributed by atoms with E-state index in [0.717, 1.165) is 62.6 Å². The fraction of sp³-hybridized carbons (Fsp3) is 0.609. The molecule has 1 aromatic rings. The van der Waals surface area contributed by atoms with Crippen molar-refractivity contribution >= 4 is 23.4 Å². The van der Waals surface area contributed by atoms with E-state index in [9.17, 15) is 14.4 Å². The predicted octanol–water partition coefficient (Wildman–Crippen LogP) is 1.95. The molecule has 1 saturated carbocycles. The second kappa shape index (κ2) is 7.69. The third-order valence-electron chi connectivity index (χ3n) is 7.44. The van der Waals surface area contributed by atoms with Crippen LogP contribution in [-0.2, 0) is 16.0 Å². The van der Waals surface area contributed by atoms with Gasteiger partial charge in [-0.2, -0.15) is 0 Å². The molecule has 0 radical (unpaired) electrons. The molecule has 7 nitrogen and oxygen atoms in total. The Morgan fingerprint density at radius 1 is 1.03 bits per heavy atom. The Morgan fingerprint density at radius 2 is 1.73 bits per heavy atom. The minimum Gasteiger partial charge on any atom is -0.349 e. The molecule has 7 heteroatoms. The molecule has 2 saturated heterocycles. The number of amides is 3. The summed E-state index contributed by atoms with van der Waals surface area (Å²) in [4.78, 5) is 39.7. The van der Waals surface area contributed by atoms with Crippen LogP contribution in [0.1, 0.15) is 67.3 Å². The molecule has 1 aliphatic carbocycles. The Hall–Kier alpha value is -2.41. The SMILES string of the molecule is NC1CCC(C(=O)N2[C@@H]3CC[C@H]2C[C@H](NC(=O)c2ccc4c(c2)CC(=O)N4)C3)CC1. The van der Waals surface area contributed by atoms with Crippen molar-refractivity contribution in [1.29, 1.82) is 0 Å². The summed E-state index contributed by atoms with van der Waals surface area (Å²) in [7, 11) is 0. The first-order chi connectivity index (χ1) is 14.5. The molecule has 4 aliphatic rings. The van der Waals surface area contributed by atoms with E-state index in [1.807, 2.05) is 6.07 Å². The summed E-state index contributed by atoms with van der Waals surface area (Å²) in [5, 5.41) is 5.98. The Morgan fingerprint density at radius 3 is 2.43 bits per heavy atom. The maximum Gasteiger partial charge on any atom is 0.251 e. The Bertz CT molecular complexity index is 863. The van der Waals surface area contributed by atoms with Crippen LogP contribution in [0, 0.1) is 5.92 Å². The number of carbonyl (C=O) groups excluding carboxylic acids is 3. The molecule has 3 atom stereocenters. The summed E-state index contributed by atoms with van der Waals surface area (Å²) in [5.74, 6) is 0.315. The van der Waals surface area contributed by atoms with Crippen LogP contribution < -0.4 is 16.4 Å². The monoisotopic (exact) mass is 410 g/mol. The third kappa shape index (κ3) is 3.60. The molecule has 30 heavy (non-hydrogen) atoms. The molecular formula is C23H30N4O3. The molecule has 160 valence electrons. The zero-order valence-electron chi connectivity index (χ0n) is 17.2. The quantitative estimate of drug-likeness (QED) is 0.708. The van der Waals surface area contributed by atoms with Crippen molar-refractivity contribution in [2.75, 3.05) is 5.32 Å². The Balaban J connectivity index is 1.21. The molecule has 0 unspecified atom stereocenters. The lowest BCUT2D eigenvalue weighted by Crippen LogP contribution is -2.54. The lowest BCUT2D eigenvalue weighted by molar-refractivity contribution is -0.141. The molecule has 3 aliphatic heterocycles. The van der Waals surface area contributed by atoms with Gasteiger partial charge in [-0.3, -0.25) is 14.4 Å². The van der Waals surface area contributed by atoms with Gasteiger partial charge in [-0.25, -0.2) is 0 Å². The number of fused-ring (bicyclic) bond motifs is 3. The van der Waals surface area contributed by atoms with Crippen molar-refractivity contribution in [2.45, 2.75) is 82.0 Å². The van der Waals surface area contributed by atoms with Crippen LogP contribution in [0.5, 0.6) is 0 Å². The molecule has 1 aromatic carbocycles. The van der Waals surface area contributed by atoms with E-state index in [0.29, 0.717) is 17.9 Å². The van der Waals surface area contributed by atoms with Crippen molar-refractivity contribution < 1.29 is 14.4 Å². The fourth-order valence-corrected chi connectivity index (χ4v) is 5.87. The largest absolute Gasteiger partial charge is 0.349 e. The maximum atomic E-state index is 13.2. The lowest BCUT2D eigenvalue weighted by Gasteiger charge is -2.41. The van der Waals surface area contributed by atoms with Crippen molar-refractivity contribution in [3.63, 3.8) is 0 Å². The van der Waals surface area contributed by atoms with Crippen LogP contribution in [0.2, 0.25) is 0 Å². The number of hydrogen-bond donors (Lipinski definition) is 3. The van der Waals surface area contributed by atoms with Crippen LogP contribution in [0.4, 0.5) is 5.69 Å². The molecule has 5 rings (SSSR count). The molecule has 3 heterocycles. The van der Waals surface area contributed by atoms with E-state index < -0.39 is 0 Å². The van der Waals surface area contributed by atoms with Gasteiger partial charge < -0.3 is 21.3 Å². The van der Waals surface area contributed by atoms with Gasteiger partial charge in [0.15, 0.2) is 0 Å². The van der Waals surface area contributed by atoms with Crippen molar-refractivity contribution in [3.05, 3.63) is 29.3 Å². The van der Waals surface area contributed by atoms with E-state index in [1.165, 1.54) is 0 Å². The van der Waals surface area contributed by atoms with Gasteiger partial charge in [-0.15, -0.1) is 0 Å². The summed E-state index contributed by atoms with van der Waals surface area (Å²) in [6, 6.07) is 6.19. The van der Waals surface area contributed by atoms with Gasteiger partial charge in [0.1, 0.15) is 0 Å². The van der Waals surface area contributed by atoms with Gasteiger partial charge in [0.25, 0.3) is 5.91 Å². The minimum absolute atomic E-state index is 0.0314. The van der Waals surface area contributed by atoms with Crippen molar-refractivity contribution in [2.24, 2.45) is 11.7 Å². The summed E-state index contributed by atoms with van der Waals surface area (Å²) < 4.78 is 0. The number of carbonyl (C=O) groups is 3. The van der Waals surface area contributed by atoms with E-state index in [1.54, 1.807) is 12.1 Å². The molecule has 3 amide bonds. The van der Waals surface area contributed by atoms with Crippen LogP contribution in [0.15, 0.2) is 18.2 Å². The predicted molar refractivity (Wildman–Crippen MR) is 113 cm³/mol. The maximum absolute atomic E-state index is 13.2. The molecule has 3 fully saturated rings. The summed E-state index contributed by atoms with van der Waals surface area (Å²) in [5.41, 5.74) is 8.27. The van der Waals surface area contributed by atoms with E-state index >= 15 is 0 Å². The number of nitrogens with one attached hydrogen (secondary N) is 2. The highest BCUT2D eigenvalue weighted by Gasteiger charge is 2.45. The number of anilines is 1. The van der Waals surface area contributed by atoms with E-state index in [4.69, 9.17) is 5.73 Å². The van der Waals surface area contributed by atoms with Gasteiger partial charge >= 0.3 is 0 Å². The summed E-state index contributed by atoms with van der Waals surface area (Å²) in [6.45, 7) is 0. The smallest absolute Gasteiger partial charge is 0.251 e. The molecule has 0 spiro atoms. The fourth-order valence-electron chi connectivity index (χ4n) is 5.87. The number of nitrogens with two attached hydrogens (primary N) is 1. The third-order valence-corrected chi connectivity index (χ3v) is 7.44.